The summed E-state index contributed by atoms with van der Waals surface area (Å²) in [5.74, 6) is 0.598. The summed E-state index contributed by atoms with van der Waals surface area (Å²) in [5.41, 5.74) is 0. The molecule has 16 heavy (non-hydrogen) atoms. The minimum Gasteiger partial charge on any atom is -0.391 e. The first-order chi connectivity index (χ1) is 7.65. The van der Waals surface area contributed by atoms with Crippen LogP contribution in [0, 0.1) is 11.8 Å². The second-order valence-electron chi connectivity index (χ2n) is 4.40. The van der Waals surface area contributed by atoms with Crippen molar-refractivity contribution in [2.45, 2.75) is 19.4 Å². The number of amides is 1. The van der Waals surface area contributed by atoms with Crippen molar-refractivity contribution in [1.82, 2.24) is 10.6 Å². The molecule has 1 saturated heterocycles. The number of hydrogen-bond acceptors (Lipinski definition) is 4. The van der Waals surface area contributed by atoms with Gasteiger partial charge in [0.15, 0.2) is 0 Å². The smallest absolute Gasteiger partial charge is 0.223 e. The van der Waals surface area contributed by atoms with Gasteiger partial charge in [0.25, 0.3) is 0 Å². The van der Waals surface area contributed by atoms with E-state index < -0.39 is 6.10 Å². The van der Waals surface area contributed by atoms with E-state index in [9.17, 15) is 9.90 Å². The van der Waals surface area contributed by atoms with Crippen LogP contribution in [-0.2, 0) is 9.53 Å². The standard InChI is InChI=1S/C11H22N2O3/c1-8(9-5-12-6-9)11(15)13-4-3-10(14)7-16-2/h8-10,12,14H,3-7H2,1-2H3,(H,13,15). The molecule has 2 unspecified atom stereocenters. The number of methoxy groups -OCH3 is 1. The molecule has 0 aromatic heterocycles. The Morgan fingerprint density at radius 2 is 2.31 bits per heavy atom. The van der Waals surface area contributed by atoms with Crippen LogP contribution in [0.5, 0.6) is 0 Å². The van der Waals surface area contributed by atoms with Gasteiger partial charge in [-0.2, -0.15) is 0 Å². The van der Waals surface area contributed by atoms with Crippen molar-refractivity contribution in [2.24, 2.45) is 11.8 Å². The molecule has 1 amide bonds. The Balaban J connectivity index is 2.09. The van der Waals surface area contributed by atoms with Crippen molar-refractivity contribution >= 4 is 5.91 Å². The average molecular weight is 230 g/mol. The lowest BCUT2D eigenvalue weighted by molar-refractivity contribution is -0.126. The minimum atomic E-state index is -0.494. The van der Waals surface area contributed by atoms with Gasteiger partial charge >= 0.3 is 0 Å². The lowest BCUT2D eigenvalue weighted by Gasteiger charge is -2.31. The molecule has 0 radical (unpaired) electrons. The first kappa shape index (κ1) is 13.4. The maximum atomic E-state index is 11.7. The summed E-state index contributed by atoms with van der Waals surface area (Å²) in [6.07, 6.45) is 0.0425. The fourth-order valence-corrected chi connectivity index (χ4v) is 1.68. The second-order valence-corrected chi connectivity index (χ2v) is 4.40. The zero-order chi connectivity index (χ0) is 12.0. The van der Waals surface area contributed by atoms with E-state index >= 15 is 0 Å². The number of carbonyl (C=O) groups is 1. The molecule has 0 bridgehead atoms. The molecular weight excluding hydrogens is 208 g/mol. The van der Waals surface area contributed by atoms with Gasteiger partial charge < -0.3 is 20.5 Å². The zero-order valence-electron chi connectivity index (χ0n) is 10.0. The number of ether oxygens (including phenoxy) is 1. The number of aliphatic hydroxyl groups is 1. The molecule has 0 spiro atoms. The Hall–Kier alpha value is -0.650. The average Bonchev–Trinajstić information content (AvgIpc) is 2.15. The molecule has 5 nitrogen and oxygen atoms in total. The SMILES string of the molecule is COCC(O)CCNC(=O)C(C)C1CNC1. The van der Waals surface area contributed by atoms with E-state index in [2.05, 4.69) is 10.6 Å². The molecule has 2 atom stereocenters. The first-order valence-electron chi connectivity index (χ1n) is 5.80. The third kappa shape index (κ3) is 4.08. The monoisotopic (exact) mass is 230 g/mol. The molecule has 1 aliphatic rings. The van der Waals surface area contributed by atoms with E-state index in [1.54, 1.807) is 7.11 Å². The van der Waals surface area contributed by atoms with E-state index in [4.69, 9.17) is 4.74 Å². The molecule has 3 N–H and O–H groups in total. The molecule has 94 valence electrons. The summed E-state index contributed by atoms with van der Waals surface area (Å²) in [4.78, 5) is 11.7. The van der Waals surface area contributed by atoms with Crippen LogP contribution in [0.15, 0.2) is 0 Å². The Bertz CT molecular complexity index is 219. The number of carbonyl (C=O) groups excluding carboxylic acids is 1. The molecule has 0 aliphatic carbocycles. The highest BCUT2D eigenvalue weighted by atomic mass is 16.5. The molecule has 1 aliphatic heterocycles. The van der Waals surface area contributed by atoms with Gasteiger partial charge in [0.1, 0.15) is 0 Å². The predicted molar refractivity (Wildman–Crippen MR) is 61.0 cm³/mol. The molecular formula is C11H22N2O3. The zero-order valence-corrected chi connectivity index (χ0v) is 10.0. The summed E-state index contributed by atoms with van der Waals surface area (Å²) >= 11 is 0. The van der Waals surface area contributed by atoms with Gasteiger partial charge in [-0.25, -0.2) is 0 Å². The third-order valence-corrected chi connectivity index (χ3v) is 3.07. The van der Waals surface area contributed by atoms with Crippen LogP contribution in [0.1, 0.15) is 13.3 Å². The maximum absolute atomic E-state index is 11.7. The summed E-state index contributed by atoms with van der Waals surface area (Å²) in [6, 6.07) is 0. The van der Waals surface area contributed by atoms with Gasteiger partial charge in [0.05, 0.1) is 12.7 Å². The van der Waals surface area contributed by atoms with E-state index in [-0.39, 0.29) is 11.8 Å². The van der Waals surface area contributed by atoms with Crippen molar-refractivity contribution in [1.29, 1.82) is 0 Å². The highest BCUT2D eigenvalue weighted by Crippen LogP contribution is 2.15. The molecule has 5 heteroatoms. The van der Waals surface area contributed by atoms with Crippen LogP contribution in [-0.4, -0.2) is 50.5 Å². The van der Waals surface area contributed by atoms with Crippen LogP contribution < -0.4 is 10.6 Å². The minimum absolute atomic E-state index is 0.0563. The van der Waals surface area contributed by atoms with E-state index in [0.717, 1.165) is 13.1 Å². The van der Waals surface area contributed by atoms with E-state index in [1.165, 1.54) is 0 Å². The first-order valence-corrected chi connectivity index (χ1v) is 5.80. The Morgan fingerprint density at radius 3 is 2.81 bits per heavy atom. The molecule has 0 saturated carbocycles. The highest BCUT2D eigenvalue weighted by molar-refractivity contribution is 5.78. The Labute approximate surface area is 96.6 Å². The van der Waals surface area contributed by atoms with Gasteiger partial charge in [0, 0.05) is 19.6 Å². The van der Waals surface area contributed by atoms with Crippen LogP contribution in [0.25, 0.3) is 0 Å². The quantitative estimate of drug-likeness (QED) is 0.544. The van der Waals surface area contributed by atoms with Gasteiger partial charge in [-0.05, 0) is 25.4 Å². The van der Waals surface area contributed by atoms with Crippen molar-refractivity contribution in [3.05, 3.63) is 0 Å². The van der Waals surface area contributed by atoms with Crippen LogP contribution in [0.2, 0.25) is 0 Å². The third-order valence-electron chi connectivity index (χ3n) is 3.07. The topological polar surface area (TPSA) is 70.6 Å². The predicted octanol–water partition coefficient (Wildman–Crippen LogP) is -0.644. The van der Waals surface area contributed by atoms with Crippen molar-refractivity contribution < 1.29 is 14.6 Å². The fourth-order valence-electron chi connectivity index (χ4n) is 1.68. The van der Waals surface area contributed by atoms with Gasteiger partial charge in [-0.15, -0.1) is 0 Å². The normalized spacial score (nSPS) is 19.9. The fraction of sp³-hybridized carbons (Fsp3) is 0.909. The van der Waals surface area contributed by atoms with Crippen molar-refractivity contribution in [3.63, 3.8) is 0 Å². The summed E-state index contributed by atoms with van der Waals surface area (Å²) < 4.78 is 4.80. The number of hydrogen-bond donors (Lipinski definition) is 3. The summed E-state index contributed by atoms with van der Waals surface area (Å²) in [6.45, 7) is 4.64. The van der Waals surface area contributed by atoms with Crippen LogP contribution in [0.4, 0.5) is 0 Å². The van der Waals surface area contributed by atoms with Crippen molar-refractivity contribution in [2.75, 3.05) is 33.4 Å². The highest BCUT2D eigenvalue weighted by Gasteiger charge is 2.28. The molecule has 0 aromatic rings. The largest absolute Gasteiger partial charge is 0.391 e. The van der Waals surface area contributed by atoms with Gasteiger partial charge in [0.2, 0.25) is 5.91 Å². The lowest BCUT2D eigenvalue weighted by Crippen LogP contribution is -2.49. The van der Waals surface area contributed by atoms with Crippen molar-refractivity contribution in [3.8, 4) is 0 Å². The van der Waals surface area contributed by atoms with E-state index in [1.807, 2.05) is 6.92 Å². The lowest BCUT2D eigenvalue weighted by atomic mass is 9.88. The molecule has 1 fully saturated rings. The molecule has 1 heterocycles. The number of rotatable bonds is 7. The number of nitrogens with one attached hydrogen (secondary N) is 2. The number of aliphatic hydroxyl groups excluding tert-OH is 1. The van der Waals surface area contributed by atoms with Gasteiger partial charge in [-0.1, -0.05) is 6.92 Å². The molecule has 0 aromatic carbocycles. The molecule has 1 rings (SSSR count). The Morgan fingerprint density at radius 1 is 1.62 bits per heavy atom. The van der Waals surface area contributed by atoms with Crippen LogP contribution in [0.3, 0.4) is 0 Å². The van der Waals surface area contributed by atoms with E-state index in [0.29, 0.717) is 25.5 Å². The van der Waals surface area contributed by atoms with Gasteiger partial charge in [-0.3, -0.25) is 4.79 Å². The summed E-state index contributed by atoms with van der Waals surface area (Å²) in [7, 11) is 1.55. The second kappa shape index (κ2) is 6.83. The Kier molecular flexibility index (Phi) is 5.73. The summed E-state index contributed by atoms with van der Waals surface area (Å²) in [5, 5.41) is 15.4. The maximum Gasteiger partial charge on any atom is 0.223 e. The van der Waals surface area contributed by atoms with Crippen LogP contribution >= 0.6 is 0 Å².